The van der Waals surface area contributed by atoms with Crippen LogP contribution in [0.15, 0.2) is 70.2 Å². The topological polar surface area (TPSA) is 114 Å². The highest BCUT2D eigenvalue weighted by Crippen LogP contribution is 2.29. The molecule has 0 aliphatic heterocycles. The number of nitro groups is 1. The Morgan fingerprint density at radius 2 is 1.94 bits per heavy atom. The number of hydrogen-bond donors (Lipinski definition) is 2. The van der Waals surface area contributed by atoms with E-state index in [1.807, 2.05) is 13.0 Å². The minimum absolute atomic E-state index is 0.0228. The van der Waals surface area contributed by atoms with Crippen molar-refractivity contribution in [2.24, 2.45) is 0 Å². The van der Waals surface area contributed by atoms with Gasteiger partial charge in [0.25, 0.3) is 11.6 Å². The highest BCUT2D eigenvalue weighted by Gasteiger charge is 2.20. The Hall–Kier alpha value is -3.59. The fourth-order valence-electron chi connectivity index (χ4n) is 2.85. The van der Waals surface area contributed by atoms with Gasteiger partial charge in [0, 0.05) is 28.4 Å². The SMILES string of the molecule is CCC(Sc1cccc(NC(=O)c2ccco2)c1)C(=O)Nc1ccc([N+](=O)[O-])cc1C. The van der Waals surface area contributed by atoms with Crippen LogP contribution in [-0.4, -0.2) is 22.0 Å². The highest BCUT2D eigenvalue weighted by atomic mass is 32.2. The van der Waals surface area contributed by atoms with Crippen molar-refractivity contribution < 1.29 is 18.9 Å². The molecule has 0 fully saturated rings. The van der Waals surface area contributed by atoms with E-state index in [1.165, 1.54) is 36.2 Å². The van der Waals surface area contributed by atoms with Crippen LogP contribution in [0.5, 0.6) is 0 Å². The molecule has 160 valence electrons. The van der Waals surface area contributed by atoms with Crippen LogP contribution in [0.25, 0.3) is 0 Å². The number of nitro benzene ring substituents is 1. The third kappa shape index (κ3) is 5.73. The van der Waals surface area contributed by atoms with Crippen LogP contribution in [0.2, 0.25) is 0 Å². The molecule has 31 heavy (non-hydrogen) atoms. The number of nitrogens with zero attached hydrogens (tertiary/aromatic N) is 1. The monoisotopic (exact) mass is 439 g/mol. The maximum atomic E-state index is 12.8. The molecule has 1 unspecified atom stereocenters. The van der Waals surface area contributed by atoms with Crippen molar-refractivity contribution in [1.82, 2.24) is 0 Å². The van der Waals surface area contributed by atoms with E-state index in [0.717, 1.165) is 4.90 Å². The first-order valence-corrected chi connectivity index (χ1v) is 10.4. The summed E-state index contributed by atoms with van der Waals surface area (Å²) in [4.78, 5) is 36.2. The molecule has 2 N–H and O–H groups in total. The Balaban J connectivity index is 1.67. The van der Waals surface area contributed by atoms with Gasteiger partial charge in [-0.15, -0.1) is 11.8 Å². The highest BCUT2D eigenvalue weighted by molar-refractivity contribution is 8.00. The first-order valence-electron chi connectivity index (χ1n) is 9.55. The molecule has 0 saturated heterocycles. The number of hydrogen-bond acceptors (Lipinski definition) is 6. The second kappa shape index (κ2) is 9.94. The Morgan fingerprint density at radius 3 is 2.58 bits per heavy atom. The smallest absolute Gasteiger partial charge is 0.291 e. The van der Waals surface area contributed by atoms with E-state index in [-0.39, 0.29) is 28.5 Å². The molecule has 1 atom stereocenters. The minimum Gasteiger partial charge on any atom is -0.459 e. The molecule has 0 aliphatic rings. The van der Waals surface area contributed by atoms with Gasteiger partial charge in [0.2, 0.25) is 5.91 Å². The molecule has 0 bridgehead atoms. The number of thioether (sulfide) groups is 1. The molecule has 1 heterocycles. The third-order valence-corrected chi connectivity index (χ3v) is 5.82. The molecule has 9 heteroatoms. The van der Waals surface area contributed by atoms with Crippen LogP contribution in [-0.2, 0) is 4.79 Å². The summed E-state index contributed by atoms with van der Waals surface area (Å²) in [5.41, 5.74) is 1.72. The second-order valence-corrected chi connectivity index (χ2v) is 8.00. The van der Waals surface area contributed by atoms with Crippen LogP contribution in [0, 0.1) is 17.0 Å². The molecular weight excluding hydrogens is 418 g/mol. The van der Waals surface area contributed by atoms with Crippen molar-refractivity contribution >= 4 is 40.6 Å². The summed E-state index contributed by atoms with van der Waals surface area (Å²) in [5, 5.41) is 16.1. The number of non-ortho nitro benzene ring substituents is 1. The summed E-state index contributed by atoms with van der Waals surface area (Å²) in [6.45, 7) is 3.62. The van der Waals surface area contributed by atoms with Crippen molar-refractivity contribution in [2.45, 2.75) is 30.4 Å². The zero-order valence-corrected chi connectivity index (χ0v) is 17.8. The lowest BCUT2D eigenvalue weighted by molar-refractivity contribution is -0.384. The fourth-order valence-corrected chi connectivity index (χ4v) is 3.86. The predicted molar refractivity (Wildman–Crippen MR) is 120 cm³/mol. The summed E-state index contributed by atoms with van der Waals surface area (Å²) in [6.07, 6.45) is 2.00. The zero-order chi connectivity index (χ0) is 22.4. The maximum Gasteiger partial charge on any atom is 0.291 e. The van der Waals surface area contributed by atoms with Gasteiger partial charge in [-0.2, -0.15) is 0 Å². The Bertz CT molecular complexity index is 1100. The molecular formula is C22H21N3O5S. The van der Waals surface area contributed by atoms with E-state index < -0.39 is 4.92 Å². The number of furan rings is 1. The molecule has 3 aromatic rings. The van der Waals surface area contributed by atoms with Gasteiger partial charge in [0.1, 0.15) is 0 Å². The van der Waals surface area contributed by atoms with E-state index in [1.54, 1.807) is 37.3 Å². The van der Waals surface area contributed by atoms with E-state index >= 15 is 0 Å². The van der Waals surface area contributed by atoms with E-state index in [4.69, 9.17) is 4.42 Å². The molecule has 2 amide bonds. The number of rotatable bonds is 8. The molecule has 0 aliphatic carbocycles. The first-order chi connectivity index (χ1) is 14.9. The van der Waals surface area contributed by atoms with Gasteiger partial charge in [-0.1, -0.05) is 13.0 Å². The van der Waals surface area contributed by atoms with Crippen LogP contribution in [0.3, 0.4) is 0 Å². The number of benzene rings is 2. The van der Waals surface area contributed by atoms with Crippen LogP contribution < -0.4 is 10.6 Å². The summed E-state index contributed by atoms with van der Waals surface area (Å²) < 4.78 is 5.09. The van der Waals surface area contributed by atoms with Crippen LogP contribution in [0.1, 0.15) is 29.5 Å². The average molecular weight is 439 g/mol. The third-order valence-electron chi connectivity index (χ3n) is 4.46. The van der Waals surface area contributed by atoms with E-state index in [0.29, 0.717) is 23.4 Å². The van der Waals surface area contributed by atoms with Gasteiger partial charge >= 0.3 is 0 Å². The van der Waals surface area contributed by atoms with Crippen molar-refractivity contribution in [3.8, 4) is 0 Å². The number of nitrogens with one attached hydrogen (secondary N) is 2. The summed E-state index contributed by atoms with van der Waals surface area (Å²) in [7, 11) is 0. The van der Waals surface area contributed by atoms with Crippen molar-refractivity contribution in [1.29, 1.82) is 0 Å². The van der Waals surface area contributed by atoms with Gasteiger partial charge in [-0.05, 0) is 55.3 Å². The normalized spacial score (nSPS) is 11.5. The predicted octanol–water partition coefficient (Wildman–Crippen LogP) is 5.26. The molecule has 3 rings (SSSR count). The number of carbonyl (C=O) groups excluding carboxylic acids is 2. The molecule has 1 aromatic heterocycles. The summed E-state index contributed by atoms with van der Waals surface area (Å²) in [6, 6.07) is 14.7. The largest absolute Gasteiger partial charge is 0.459 e. The van der Waals surface area contributed by atoms with Gasteiger partial charge in [0.15, 0.2) is 5.76 Å². The van der Waals surface area contributed by atoms with Crippen LogP contribution in [0.4, 0.5) is 17.1 Å². The Morgan fingerprint density at radius 1 is 1.13 bits per heavy atom. The molecule has 2 aromatic carbocycles. The average Bonchev–Trinajstić information content (AvgIpc) is 3.28. The number of anilines is 2. The standard InChI is InChI=1S/C22H21N3O5S/c1-3-20(22(27)24-18-10-9-16(25(28)29)12-14(18)2)31-17-7-4-6-15(13-17)23-21(26)19-8-5-11-30-19/h4-13,20H,3H2,1-2H3,(H,23,26)(H,24,27). The minimum atomic E-state index is -0.471. The van der Waals surface area contributed by atoms with Gasteiger partial charge in [0.05, 0.1) is 16.4 Å². The molecule has 8 nitrogen and oxygen atoms in total. The zero-order valence-electron chi connectivity index (χ0n) is 17.0. The molecule has 0 radical (unpaired) electrons. The number of aryl methyl sites for hydroxylation is 1. The van der Waals surface area contributed by atoms with E-state index in [9.17, 15) is 19.7 Å². The lowest BCUT2D eigenvalue weighted by Gasteiger charge is -2.16. The first kappa shape index (κ1) is 22.1. The number of carbonyl (C=O) groups is 2. The van der Waals surface area contributed by atoms with Gasteiger partial charge in [-0.25, -0.2) is 0 Å². The number of amides is 2. The quantitative estimate of drug-likeness (QED) is 0.281. The van der Waals surface area contributed by atoms with E-state index in [2.05, 4.69) is 10.6 Å². The summed E-state index contributed by atoms with van der Waals surface area (Å²) in [5.74, 6) is -0.345. The fraction of sp³-hybridized carbons (Fsp3) is 0.182. The lowest BCUT2D eigenvalue weighted by Crippen LogP contribution is -2.25. The van der Waals surface area contributed by atoms with Crippen molar-refractivity contribution in [3.63, 3.8) is 0 Å². The molecule has 0 spiro atoms. The summed E-state index contributed by atoms with van der Waals surface area (Å²) >= 11 is 1.37. The Kier molecular flexibility index (Phi) is 7.09. The van der Waals surface area contributed by atoms with Crippen molar-refractivity contribution in [3.05, 3.63) is 82.3 Å². The maximum absolute atomic E-state index is 12.8. The van der Waals surface area contributed by atoms with Crippen LogP contribution >= 0.6 is 11.8 Å². The lowest BCUT2D eigenvalue weighted by atomic mass is 10.1. The van der Waals surface area contributed by atoms with Crippen molar-refractivity contribution in [2.75, 3.05) is 10.6 Å². The van der Waals surface area contributed by atoms with Gasteiger partial charge in [-0.3, -0.25) is 19.7 Å². The van der Waals surface area contributed by atoms with Gasteiger partial charge < -0.3 is 15.1 Å². The molecule has 0 saturated carbocycles. The second-order valence-electron chi connectivity index (χ2n) is 6.72. The Labute approximate surface area is 183 Å².